The molecule has 0 aliphatic rings. The maximum absolute atomic E-state index is 11.6. The summed E-state index contributed by atoms with van der Waals surface area (Å²) in [5, 5.41) is 5.33. The van der Waals surface area contributed by atoms with Crippen LogP contribution in [0.3, 0.4) is 0 Å². The Morgan fingerprint density at radius 2 is 1.82 bits per heavy atom. The van der Waals surface area contributed by atoms with Gasteiger partial charge in [-0.05, 0) is 38.5 Å². The first-order valence-electron chi connectivity index (χ1n) is 7.07. The summed E-state index contributed by atoms with van der Waals surface area (Å²) in [5.41, 5.74) is 0.621. The molecule has 1 heterocycles. The number of rotatable bonds is 7. The maximum Gasteiger partial charge on any atom is 0.407 e. The molecule has 0 spiro atoms. The zero-order valence-corrected chi connectivity index (χ0v) is 14.0. The van der Waals surface area contributed by atoms with Gasteiger partial charge in [-0.3, -0.25) is 9.78 Å². The average molecular weight is 325 g/mol. The molecule has 0 radical (unpaired) electrons. The van der Waals surface area contributed by atoms with Gasteiger partial charge < -0.3 is 15.4 Å². The molecule has 1 aromatic rings. The summed E-state index contributed by atoms with van der Waals surface area (Å²) in [4.78, 5) is 26.9. The zero-order chi connectivity index (χ0) is 16.4. The average Bonchev–Trinajstić information content (AvgIpc) is 2.43. The van der Waals surface area contributed by atoms with Crippen LogP contribution in [0, 0.1) is 0 Å². The Bertz CT molecular complexity index is 475. The molecule has 22 heavy (non-hydrogen) atoms. The summed E-state index contributed by atoms with van der Waals surface area (Å²) >= 11 is 1.53. The number of amides is 2. The van der Waals surface area contributed by atoms with E-state index in [2.05, 4.69) is 15.6 Å². The van der Waals surface area contributed by atoms with Crippen molar-refractivity contribution >= 4 is 23.8 Å². The van der Waals surface area contributed by atoms with Crippen molar-refractivity contribution in [3.8, 4) is 0 Å². The maximum atomic E-state index is 11.6. The standard InChI is InChI=1S/C15H23N3O3S/c1-15(2,3)21-14(20)18-9-8-17-13(19)11-22-10-12-4-6-16-7-5-12/h4-7H,8-11H2,1-3H3,(H,17,19)(H,18,20). The van der Waals surface area contributed by atoms with Crippen molar-refractivity contribution in [3.05, 3.63) is 30.1 Å². The van der Waals surface area contributed by atoms with E-state index in [1.165, 1.54) is 11.8 Å². The first-order chi connectivity index (χ1) is 10.4. The van der Waals surface area contributed by atoms with Crippen LogP contribution in [0.5, 0.6) is 0 Å². The van der Waals surface area contributed by atoms with E-state index in [9.17, 15) is 9.59 Å². The van der Waals surface area contributed by atoms with Crippen LogP contribution in [0.2, 0.25) is 0 Å². The lowest BCUT2D eigenvalue weighted by molar-refractivity contribution is -0.118. The smallest absolute Gasteiger partial charge is 0.407 e. The Kier molecular flexibility index (Phi) is 7.73. The summed E-state index contributed by atoms with van der Waals surface area (Å²) in [6.45, 7) is 6.13. The fourth-order valence-electron chi connectivity index (χ4n) is 1.47. The van der Waals surface area contributed by atoms with Gasteiger partial charge in [-0.2, -0.15) is 0 Å². The summed E-state index contributed by atoms with van der Waals surface area (Å²) in [5.74, 6) is 1.10. The van der Waals surface area contributed by atoms with Gasteiger partial charge >= 0.3 is 6.09 Å². The van der Waals surface area contributed by atoms with Gasteiger partial charge in [-0.25, -0.2) is 4.79 Å². The normalized spacial score (nSPS) is 10.9. The molecule has 0 saturated carbocycles. The number of aromatic nitrogens is 1. The first kappa shape index (κ1) is 18.3. The molecule has 7 heteroatoms. The van der Waals surface area contributed by atoms with Gasteiger partial charge in [0.15, 0.2) is 0 Å². The highest BCUT2D eigenvalue weighted by Crippen LogP contribution is 2.10. The van der Waals surface area contributed by atoms with Gasteiger partial charge in [0.2, 0.25) is 5.91 Å². The van der Waals surface area contributed by atoms with E-state index in [0.717, 1.165) is 11.3 Å². The monoisotopic (exact) mass is 325 g/mol. The van der Waals surface area contributed by atoms with Gasteiger partial charge in [0, 0.05) is 31.2 Å². The number of nitrogens with zero attached hydrogens (tertiary/aromatic N) is 1. The van der Waals surface area contributed by atoms with Crippen LogP contribution >= 0.6 is 11.8 Å². The Morgan fingerprint density at radius 1 is 1.18 bits per heavy atom. The minimum Gasteiger partial charge on any atom is -0.444 e. The molecule has 2 N–H and O–H groups in total. The SMILES string of the molecule is CC(C)(C)OC(=O)NCCNC(=O)CSCc1ccncc1. The van der Waals surface area contributed by atoms with Gasteiger partial charge in [-0.1, -0.05) is 0 Å². The summed E-state index contributed by atoms with van der Waals surface area (Å²) in [7, 11) is 0. The predicted molar refractivity (Wildman–Crippen MR) is 87.6 cm³/mol. The van der Waals surface area contributed by atoms with E-state index in [0.29, 0.717) is 18.8 Å². The van der Waals surface area contributed by atoms with Crippen molar-refractivity contribution in [3.63, 3.8) is 0 Å². The molecule has 0 saturated heterocycles. The highest BCUT2D eigenvalue weighted by Gasteiger charge is 2.15. The largest absolute Gasteiger partial charge is 0.444 e. The Morgan fingerprint density at radius 3 is 2.45 bits per heavy atom. The topological polar surface area (TPSA) is 80.3 Å². The number of ether oxygens (including phenoxy) is 1. The number of hydrogen-bond donors (Lipinski definition) is 2. The zero-order valence-electron chi connectivity index (χ0n) is 13.2. The Balaban J connectivity index is 2.05. The molecular weight excluding hydrogens is 302 g/mol. The van der Waals surface area contributed by atoms with Crippen LogP contribution < -0.4 is 10.6 Å². The minimum atomic E-state index is -0.517. The van der Waals surface area contributed by atoms with Crippen molar-refractivity contribution in [2.45, 2.75) is 32.1 Å². The fraction of sp³-hybridized carbons (Fsp3) is 0.533. The number of alkyl carbamates (subject to hydrolysis) is 1. The van der Waals surface area contributed by atoms with Crippen molar-refractivity contribution in [2.75, 3.05) is 18.8 Å². The quantitative estimate of drug-likeness (QED) is 0.749. The lowest BCUT2D eigenvalue weighted by Crippen LogP contribution is -2.38. The molecule has 0 aliphatic heterocycles. The number of carbonyl (C=O) groups is 2. The van der Waals surface area contributed by atoms with Gasteiger partial charge in [0.1, 0.15) is 5.60 Å². The summed E-state index contributed by atoms with van der Waals surface area (Å²) < 4.78 is 5.09. The third kappa shape index (κ3) is 9.23. The second kappa shape index (κ2) is 9.30. The number of thioether (sulfide) groups is 1. The molecule has 2 amide bonds. The number of carbonyl (C=O) groups excluding carboxylic acids is 2. The molecule has 0 bridgehead atoms. The van der Waals surface area contributed by atoms with E-state index in [4.69, 9.17) is 4.74 Å². The lowest BCUT2D eigenvalue weighted by atomic mass is 10.2. The highest BCUT2D eigenvalue weighted by molar-refractivity contribution is 7.99. The van der Waals surface area contributed by atoms with E-state index >= 15 is 0 Å². The Labute approximate surface area is 135 Å². The molecule has 0 unspecified atom stereocenters. The number of nitrogens with one attached hydrogen (secondary N) is 2. The Hall–Kier alpha value is -1.76. The highest BCUT2D eigenvalue weighted by atomic mass is 32.2. The fourth-order valence-corrected chi connectivity index (χ4v) is 2.29. The van der Waals surface area contributed by atoms with E-state index in [1.54, 1.807) is 33.2 Å². The second-order valence-corrected chi connectivity index (χ2v) is 6.61. The molecule has 6 nitrogen and oxygen atoms in total. The predicted octanol–water partition coefficient (Wildman–Crippen LogP) is 1.96. The van der Waals surface area contributed by atoms with E-state index in [1.807, 2.05) is 12.1 Å². The van der Waals surface area contributed by atoms with Crippen LogP contribution in [-0.2, 0) is 15.3 Å². The minimum absolute atomic E-state index is 0.0509. The van der Waals surface area contributed by atoms with Gasteiger partial charge in [0.25, 0.3) is 0 Å². The lowest BCUT2D eigenvalue weighted by Gasteiger charge is -2.19. The van der Waals surface area contributed by atoms with Crippen LogP contribution in [0.25, 0.3) is 0 Å². The summed E-state index contributed by atoms with van der Waals surface area (Å²) in [6, 6.07) is 3.85. The van der Waals surface area contributed by atoms with Crippen LogP contribution in [-0.4, -0.2) is 41.4 Å². The van der Waals surface area contributed by atoms with Crippen LogP contribution in [0.15, 0.2) is 24.5 Å². The molecule has 0 aromatic carbocycles. The molecule has 1 rings (SSSR count). The van der Waals surface area contributed by atoms with E-state index in [-0.39, 0.29) is 5.91 Å². The van der Waals surface area contributed by atoms with Crippen molar-refractivity contribution < 1.29 is 14.3 Å². The molecular formula is C15H23N3O3S. The molecule has 0 atom stereocenters. The van der Waals surface area contributed by atoms with Crippen molar-refractivity contribution in [1.82, 2.24) is 15.6 Å². The number of hydrogen-bond acceptors (Lipinski definition) is 5. The third-order valence-corrected chi connectivity index (χ3v) is 3.37. The molecule has 0 aliphatic carbocycles. The molecule has 122 valence electrons. The second-order valence-electron chi connectivity index (χ2n) is 5.63. The third-order valence-electron chi connectivity index (χ3n) is 2.37. The van der Waals surface area contributed by atoms with E-state index < -0.39 is 11.7 Å². The van der Waals surface area contributed by atoms with Crippen LogP contribution in [0.1, 0.15) is 26.3 Å². The van der Waals surface area contributed by atoms with Crippen molar-refractivity contribution in [1.29, 1.82) is 0 Å². The molecule has 0 fully saturated rings. The van der Waals surface area contributed by atoms with Gasteiger partial charge in [0.05, 0.1) is 5.75 Å². The van der Waals surface area contributed by atoms with Crippen LogP contribution in [0.4, 0.5) is 4.79 Å². The first-order valence-corrected chi connectivity index (χ1v) is 8.22. The number of pyridine rings is 1. The summed E-state index contributed by atoms with van der Waals surface area (Å²) in [6.07, 6.45) is 2.99. The van der Waals surface area contributed by atoms with Gasteiger partial charge in [-0.15, -0.1) is 11.8 Å². The molecule has 1 aromatic heterocycles. The van der Waals surface area contributed by atoms with Crippen molar-refractivity contribution in [2.24, 2.45) is 0 Å².